The second-order valence-electron chi connectivity index (χ2n) is 8.01. The number of fused-ring (bicyclic) bond motifs is 1. The van der Waals surface area contributed by atoms with Crippen LogP contribution in [0.5, 0.6) is 11.5 Å². The van der Waals surface area contributed by atoms with Crippen molar-refractivity contribution < 1.29 is 23.9 Å². The van der Waals surface area contributed by atoms with E-state index in [-0.39, 0.29) is 48.8 Å². The molecule has 2 aromatic rings. The number of carbonyl (C=O) groups excluding carboxylic acids is 3. The molecule has 0 aliphatic carbocycles. The summed E-state index contributed by atoms with van der Waals surface area (Å²) in [7, 11) is 0. The average molecular weight is 487 g/mol. The van der Waals surface area contributed by atoms with E-state index in [1.54, 1.807) is 36.4 Å². The van der Waals surface area contributed by atoms with Gasteiger partial charge in [0.15, 0.2) is 11.5 Å². The van der Waals surface area contributed by atoms with Crippen LogP contribution in [0, 0.1) is 5.92 Å². The van der Waals surface area contributed by atoms with E-state index in [2.05, 4.69) is 5.32 Å². The fourth-order valence-corrected chi connectivity index (χ4v) is 4.75. The van der Waals surface area contributed by atoms with Crippen molar-refractivity contribution in [3.8, 4) is 11.5 Å². The summed E-state index contributed by atoms with van der Waals surface area (Å²) in [6, 6.07) is 12.5. The first-order valence-electron chi connectivity index (χ1n) is 10.5. The number of nitrogens with zero attached hydrogens (tertiary/aromatic N) is 1. The maximum Gasteiger partial charge on any atom is 0.293 e. The van der Waals surface area contributed by atoms with E-state index in [1.807, 2.05) is 26.0 Å². The van der Waals surface area contributed by atoms with Crippen LogP contribution in [0.3, 0.4) is 0 Å². The van der Waals surface area contributed by atoms with Crippen molar-refractivity contribution >= 4 is 46.5 Å². The number of carbonyl (C=O) groups is 3. The molecule has 1 fully saturated rings. The first kappa shape index (κ1) is 23.2. The van der Waals surface area contributed by atoms with E-state index in [9.17, 15) is 14.4 Å². The van der Waals surface area contributed by atoms with Crippen molar-refractivity contribution in [2.24, 2.45) is 5.92 Å². The van der Waals surface area contributed by atoms with Gasteiger partial charge in [-0.3, -0.25) is 19.3 Å². The van der Waals surface area contributed by atoms with E-state index in [4.69, 9.17) is 21.1 Å². The zero-order chi connectivity index (χ0) is 23.5. The van der Waals surface area contributed by atoms with Gasteiger partial charge in [-0.1, -0.05) is 43.6 Å². The van der Waals surface area contributed by atoms with Crippen molar-refractivity contribution in [1.82, 2.24) is 10.2 Å². The van der Waals surface area contributed by atoms with Crippen molar-refractivity contribution in [2.75, 3.05) is 19.9 Å². The normalized spacial score (nSPS) is 17.2. The fraction of sp³-hybridized carbons (Fsp3) is 0.292. The lowest BCUT2D eigenvalue weighted by Crippen LogP contribution is -2.39. The minimum absolute atomic E-state index is 0.0630. The summed E-state index contributed by atoms with van der Waals surface area (Å²) in [4.78, 5) is 39.5. The Kier molecular flexibility index (Phi) is 6.95. The maximum atomic E-state index is 12.8. The highest BCUT2D eigenvalue weighted by Crippen LogP contribution is 2.36. The van der Waals surface area contributed by atoms with Gasteiger partial charge in [-0.05, 0) is 59.1 Å². The summed E-state index contributed by atoms with van der Waals surface area (Å²) in [6.07, 6.45) is 1.65. The van der Waals surface area contributed by atoms with Crippen LogP contribution < -0.4 is 14.8 Å². The molecule has 0 saturated carbocycles. The van der Waals surface area contributed by atoms with E-state index in [1.165, 1.54) is 0 Å². The number of nitrogens with one attached hydrogen (secondary N) is 1. The minimum Gasteiger partial charge on any atom is -0.454 e. The molecule has 2 aliphatic heterocycles. The molecule has 3 amide bonds. The van der Waals surface area contributed by atoms with Crippen molar-refractivity contribution in [3.05, 3.63) is 63.5 Å². The Bertz CT molecular complexity index is 1120. The third-order valence-corrected chi connectivity index (χ3v) is 6.54. The molecule has 1 saturated heterocycles. The molecule has 2 aromatic carbocycles. The van der Waals surface area contributed by atoms with Gasteiger partial charge in [0.25, 0.3) is 11.1 Å². The van der Waals surface area contributed by atoms with Gasteiger partial charge in [-0.15, -0.1) is 0 Å². The Morgan fingerprint density at radius 3 is 2.61 bits per heavy atom. The number of hydrogen-bond acceptors (Lipinski definition) is 6. The lowest BCUT2D eigenvalue weighted by Gasteiger charge is -2.21. The lowest BCUT2D eigenvalue weighted by atomic mass is 9.87. The zero-order valence-electron chi connectivity index (χ0n) is 18.2. The highest BCUT2D eigenvalue weighted by Gasteiger charge is 2.35. The third-order valence-electron chi connectivity index (χ3n) is 5.38. The molecule has 0 spiro atoms. The molecule has 0 aromatic heterocycles. The van der Waals surface area contributed by atoms with Crippen LogP contribution in [0.4, 0.5) is 4.79 Å². The number of ether oxygens (including phenoxy) is 2. The molecule has 2 aliphatic rings. The number of hydrogen-bond donors (Lipinski definition) is 1. The van der Waals surface area contributed by atoms with Gasteiger partial charge in [-0.2, -0.15) is 0 Å². The van der Waals surface area contributed by atoms with Crippen LogP contribution in [0.2, 0.25) is 5.02 Å². The quantitative estimate of drug-likeness (QED) is 0.573. The Morgan fingerprint density at radius 2 is 1.88 bits per heavy atom. The molecule has 2 heterocycles. The summed E-state index contributed by atoms with van der Waals surface area (Å²) in [6.45, 7) is 4.37. The molecular formula is C24H23ClN2O5S. The summed E-state index contributed by atoms with van der Waals surface area (Å²) in [5.74, 6) is 0.418. The number of amides is 3. The summed E-state index contributed by atoms with van der Waals surface area (Å²) < 4.78 is 10.6. The van der Waals surface area contributed by atoms with E-state index >= 15 is 0 Å². The number of imide groups is 1. The van der Waals surface area contributed by atoms with Gasteiger partial charge < -0.3 is 14.8 Å². The molecule has 0 bridgehead atoms. The molecule has 7 nitrogen and oxygen atoms in total. The molecule has 1 unspecified atom stereocenters. The van der Waals surface area contributed by atoms with Gasteiger partial charge >= 0.3 is 0 Å². The van der Waals surface area contributed by atoms with E-state index < -0.39 is 0 Å². The van der Waals surface area contributed by atoms with Gasteiger partial charge in [0.1, 0.15) is 0 Å². The van der Waals surface area contributed by atoms with Crippen LogP contribution in [0.25, 0.3) is 6.08 Å². The van der Waals surface area contributed by atoms with Crippen LogP contribution in [-0.4, -0.2) is 41.8 Å². The third kappa shape index (κ3) is 5.17. The van der Waals surface area contributed by atoms with Crippen LogP contribution in [0.15, 0.2) is 47.4 Å². The molecule has 1 atom stereocenters. The zero-order valence-corrected chi connectivity index (χ0v) is 19.7. The minimum atomic E-state index is -0.380. The second kappa shape index (κ2) is 9.89. The van der Waals surface area contributed by atoms with E-state index in [0.29, 0.717) is 21.4 Å². The topological polar surface area (TPSA) is 84.9 Å². The standard InChI is InChI=1S/C24H23ClN2O5S/c1-14(2)21(16-4-6-17(25)7-5-16)22(28)26-9-10-27-23(29)20(33-24(27)30)12-15-3-8-18-19(11-15)32-13-31-18/h3-8,11-12,14,21H,9-10,13H2,1-2H3,(H,26,28)/b20-12-. The predicted octanol–water partition coefficient (Wildman–Crippen LogP) is 4.66. The first-order chi connectivity index (χ1) is 15.8. The Labute approximate surface area is 201 Å². The summed E-state index contributed by atoms with van der Waals surface area (Å²) >= 11 is 6.84. The Morgan fingerprint density at radius 1 is 1.15 bits per heavy atom. The summed E-state index contributed by atoms with van der Waals surface area (Å²) in [5, 5.41) is 3.11. The van der Waals surface area contributed by atoms with Crippen molar-refractivity contribution in [3.63, 3.8) is 0 Å². The highest BCUT2D eigenvalue weighted by atomic mass is 35.5. The molecule has 9 heteroatoms. The number of benzene rings is 2. The molecule has 0 radical (unpaired) electrons. The monoisotopic (exact) mass is 486 g/mol. The largest absolute Gasteiger partial charge is 0.454 e. The number of rotatable bonds is 7. The Hall–Kier alpha value is -2.97. The molecule has 1 N–H and O–H groups in total. The molecule has 4 rings (SSSR count). The fourth-order valence-electron chi connectivity index (χ4n) is 3.76. The first-order valence-corrected chi connectivity index (χ1v) is 11.7. The predicted molar refractivity (Wildman–Crippen MR) is 127 cm³/mol. The number of thioether (sulfide) groups is 1. The smallest absolute Gasteiger partial charge is 0.293 e. The summed E-state index contributed by atoms with van der Waals surface area (Å²) in [5.41, 5.74) is 1.60. The number of halogens is 1. The second-order valence-corrected chi connectivity index (χ2v) is 9.44. The average Bonchev–Trinajstić information content (AvgIpc) is 3.34. The van der Waals surface area contributed by atoms with Gasteiger partial charge in [0.2, 0.25) is 12.7 Å². The van der Waals surface area contributed by atoms with Crippen molar-refractivity contribution in [1.29, 1.82) is 0 Å². The van der Waals surface area contributed by atoms with Gasteiger partial charge in [-0.25, -0.2) is 0 Å². The van der Waals surface area contributed by atoms with Gasteiger partial charge in [0, 0.05) is 18.1 Å². The van der Waals surface area contributed by atoms with Crippen LogP contribution in [0.1, 0.15) is 30.9 Å². The SMILES string of the molecule is CC(C)C(C(=O)NCCN1C(=O)S/C(=C\c2ccc3c(c2)OCO3)C1=O)c1ccc(Cl)cc1. The Balaban J connectivity index is 1.37. The maximum absolute atomic E-state index is 12.8. The van der Waals surface area contributed by atoms with Crippen LogP contribution >= 0.6 is 23.4 Å². The molecule has 33 heavy (non-hydrogen) atoms. The van der Waals surface area contributed by atoms with Crippen molar-refractivity contribution in [2.45, 2.75) is 19.8 Å². The highest BCUT2D eigenvalue weighted by molar-refractivity contribution is 8.18. The van der Waals surface area contributed by atoms with E-state index in [0.717, 1.165) is 27.8 Å². The van der Waals surface area contributed by atoms with Crippen LogP contribution in [-0.2, 0) is 9.59 Å². The molecular weight excluding hydrogens is 464 g/mol. The lowest BCUT2D eigenvalue weighted by molar-refractivity contribution is -0.125. The molecule has 172 valence electrons. The van der Waals surface area contributed by atoms with Gasteiger partial charge in [0.05, 0.1) is 10.8 Å².